The highest BCUT2D eigenvalue weighted by Crippen LogP contribution is 2.25. The van der Waals surface area contributed by atoms with Gasteiger partial charge in [-0.3, -0.25) is 9.59 Å². The largest absolute Gasteiger partial charge is 0.462 e. The second kappa shape index (κ2) is 11.6. The number of hydrogen-bond donors (Lipinski definition) is 1. The monoisotopic (exact) mass is 499 g/mol. The molecule has 184 valence electrons. The Kier molecular flexibility index (Phi) is 8.57. The molecule has 2 aromatic carbocycles. The summed E-state index contributed by atoms with van der Waals surface area (Å²) in [5, 5.41) is 11.4. The van der Waals surface area contributed by atoms with Crippen molar-refractivity contribution in [2.75, 3.05) is 31.6 Å². The van der Waals surface area contributed by atoms with Crippen molar-refractivity contribution in [2.24, 2.45) is 5.92 Å². The Morgan fingerprint density at radius 3 is 2.23 bits per heavy atom. The molecule has 0 bridgehead atoms. The van der Waals surface area contributed by atoms with E-state index in [1.54, 1.807) is 31.2 Å². The van der Waals surface area contributed by atoms with E-state index in [9.17, 15) is 22.8 Å². The quantitative estimate of drug-likeness (QED) is 0.545. The fraction of sp³-hybridized carbons (Fsp3) is 0.333. The molecule has 0 unspecified atom stereocenters. The van der Waals surface area contributed by atoms with E-state index in [1.165, 1.54) is 28.6 Å². The zero-order chi connectivity index (χ0) is 25.4. The predicted octanol–water partition coefficient (Wildman–Crippen LogP) is 2.32. The van der Waals surface area contributed by atoms with Crippen molar-refractivity contribution in [2.45, 2.75) is 24.7 Å². The molecule has 0 aliphatic carbocycles. The lowest BCUT2D eigenvalue weighted by Gasteiger charge is -2.30. The zero-order valence-electron chi connectivity index (χ0n) is 19.1. The number of sulfonamides is 1. The van der Waals surface area contributed by atoms with Crippen LogP contribution in [0.25, 0.3) is 0 Å². The van der Waals surface area contributed by atoms with E-state index in [2.05, 4.69) is 5.32 Å². The van der Waals surface area contributed by atoms with Gasteiger partial charge in [-0.2, -0.15) is 9.57 Å². The normalized spacial score (nSPS) is 14.5. The van der Waals surface area contributed by atoms with Crippen LogP contribution in [-0.4, -0.2) is 56.9 Å². The molecule has 11 heteroatoms. The molecule has 0 saturated carbocycles. The third kappa shape index (κ3) is 6.65. The van der Waals surface area contributed by atoms with Crippen LogP contribution in [0.3, 0.4) is 0 Å². The van der Waals surface area contributed by atoms with Crippen molar-refractivity contribution < 1.29 is 32.3 Å². The van der Waals surface area contributed by atoms with Gasteiger partial charge in [0.1, 0.15) is 0 Å². The first kappa shape index (κ1) is 25.9. The second-order valence-electron chi connectivity index (χ2n) is 7.77. The first-order valence-electron chi connectivity index (χ1n) is 11.0. The molecule has 1 amide bonds. The Morgan fingerprint density at radius 2 is 1.66 bits per heavy atom. The van der Waals surface area contributed by atoms with Gasteiger partial charge in [-0.1, -0.05) is 0 Å². The molecule has 1 aliphatic rings. The number of carbonyl (C=O) groups is 3. The number of carbonyl (C=O) groups excluding carboxylic acids is 3. The fourth-order valence-electron chi connectivity index (χ4n) is 3.54. The summed E-state index contributed by atoms with van der Waals surface area (Å²) in [6.07, 6.45) is 0.520. The number of esters is 2. The van der Waals surface area contributed by atoms with E-state index >= 15 is 0 Å². The summed E-state index contributed by atoms with van der Waals surface area (Å²) in [7, 11) is -3.79. The lowest BCUT2D eigenvalue weighted by molar-refractivity contribution is -0.152. The molecule has 1 aliphatic heterocycles. The highest BCUT2D eigenvalue weighted by atomic mass is 32.2. The molecule has 0 atom stereocenters. The van der Waals surface area contributed by atoms with Gasteiger partial charge < -0.3 is 14.8 Å². The molecule has 0 aromatic heterocycles. The van der Waals surface area contributed by atoms with E-state index < -0.39 is 40.4 Å². The van der Waals surface area contributed by atoms with Gasteiger partial charge >= 0.3 is 11.9 Å². The van der Waals surface area contributed by atoms with Crippen LogP contribution in [-0.2, 0) is 29.1 Å². The summed E-state index contributed by atoms with van der Waals surface area (Å²) in [6.45, 7) is 1.68. The molecule has 2 aromatic rings. The summed E-state index contributed by atoms with van der Waals surface area (Å²) >= 11 is 0. The molecule has 3 rings (SSSR count). The SMILES string of the molecule is CCOC(=O)c1ccc(S(=O)(=O)N2CCC(C(=O)OCC(=O)Nc3ccc(C#N)cc3)CC2)cc1. The number of amides is 1. The van der Waals surface area contributed by atoms with E-state index in [0.29, 0.717) is 11.3 Å². The van der Waals surface area contributed by atoms with Gasteiger partial charge in [0.25, 0.3) is 5.91 Å². The van der Waals surface area contributed by atoms with Gasteiger partial charge in [0.15, 0.2) is 6.61 Å². The average molecular weight is 500 g/mol. The summed E-state index contributed by atoms with van der Waals surface area (Å²) < 4.78 is 37.1. The van der Waals surface area contributed by atoms with Gasteiger partial charge in [0.2, 0.25) is 10.0 Å². The number of nitrogens with zero attached hydrogens (tertiary/aromatic N) is 2. The van der Waals surface area contributed by atoms with Crippen LogP contribution in [0.1, 0.15) is 35.7 Å². The van der Waals surface area contributed by atoms with Gasteiger partial charge in [-0.15, -0.1) is 0 Å². The number of piperidine rings is 1. The third-order valence-electron chi connectivity index (χ3n) is 5.43. The van der Waals surface area contributed by atoms with Crippen LogP contribution in [0.4, 0.5) is 5.69 Å². The van der Waals surface area contributed by atoms with Gasteiger partial charge in [-0.25, -0.2) is 13.2 Å². The number of benzene rings is 2. The van der Waals surface area contributed by atoms with Crippen LogP contribution in [0.2, 0.25) is 0 Å². The highest BCUT2D eigenvalue weighted by Gasteiger charge is 2.33. The summed E-state index contributed by atoms with van der Waals surface area (Å²) in [6, 6.07) is 13.7. The van der Waals surface area contributed by atoms with Gasteiger partial charge in [0.05, 0.1) is 34.6 Å². The van der Waals surface area contributed by atoms with Crippen LogP contribution in [0.15, 0.2) is 53.4 Å². The van der Waals surface area contributed by atoms with E-state index in [4.69, 9.17) is 14.7 Å². The standard InChI is InChI=1S/C24H25N3O7S/c1-2-33-23(29)18-5-9-21(10-6-18)35(31,32)27-13-11-19(12-14-27)24(30)34-16-22(28)26-20-7-3-17(15-25)4-8-20/h3-10,19H,2,11-14,16H2,1H3,(H,26,28). The average Bonchev–Trinajstić information content (AvgIpc) is 2.88. The van der Waals surface area contributed by atoms with Crippen molar-refractivity contribution in [3.05, 3.63) is 59.7 Å². The van der Waals surface area contributed by atoms with E-state index in [-0.39, 0.29) is 43.0 Å². The minimum absolute atomic E-state index is 0.0473. The number of anilines is 1. The Labute approximate surface area is 203 Å². The highest BCUT2D eigenvalue weighted by molar-refractivity contribution is 7.89. The Morgan fingerprint density at radius 1 is 1.03 bits per heavy atom. The molecular formula is C24H25N3O7S. The minimum Gasteiger partial charge on any atom is -0.462 e. The van der Waals surface area contributed by atoms with Crippen molar-refractivity contribution >= 4 is 33.6 Å². The number of hydrogen-bond acceptors (Lipinski definition) is 8. The molecule has 1 fully saturated rings. The Bertz CT molecular complexity index is 1210. The van der Waals surface area contributed by atoms with Crippen molar-refractivity contribution in [1.82, 2.24) is 4.31 Å². The third-order valence-corrected chi connectivity index (χ3v) is 7.35. The lowest BCUT2D eigenvalue weighted by Crippen LogP contribution is -2.40. The minimum atomic E-state index is -3.79. The maximum Gasteiger partial charge on any atom is 0.338 e. The summed E-state index contributed by atoms with van der Waals surface area (Å²) in [5.41, 5.74) is 1.19. The first-order valence-corrected chi connectivity index (χ1v) is 12.4. The van der Waals surface area contributed by atoms with E-state index in [0.717, 1.165) is 0 Å². The number of nitriles is 1. The molecule has 0 spiro atoms. The summed E-state index contributed by atoms with van der Waals surface area (Å²) in [5.74, 6) is -2.12. The molecule has 0 radical (unpaired) electrons. The van der Waals surface area contributed by atoms with E-state index in [1.807, 2.05) is 6.07 Å². The first-order chi connectivity index (χ1) is 16.7. The topological polar surface area (TPSA) is 143 Å². The zero-order valence-corrected chi connectivity index (χ0v) is 19.9. The number of nitrogens with one attached hydrogen (secondary N) is 1. The van der Waals surface area contributed by atoms with Crippen molar-refractivity contribution in [3.63, 3.8) is 0 Å². The van der Waals surface area contributed by atoms with Gasteiger partial charge in [-0.05, 0) is 68.3 Å². The molecular weight excluding hydrogens is 474 g/mol. The Balaban J connectivity index is 1.48. The second-order valence-corrected chi connectivity index (χ2v) is 9.71. The predicted molar refractivity (Wildman–Crippen MR) is 125 cm³/mol. The summed E-state index contributed by atoms with van der Waals surface area (Å²) in [4.78, 5) is 36.2. The van der Waals surface area contributed by atoms with Crippen LogP contribution in [0, 0.1) is 17.2 Å². The molecule has 1 heterocycles. The van der Waals surface area contributed by atoms with Crippen molar-refractivity contribution in [1.29, 1.82) is 5.26 Å². The smallest absolute Gasteiger partial charge is 0.338 e. The van der Waals surface area contributed by atoms with Crippen LogP contribution >= 0.6 is 0 Å². The maximum atomic E-state index is 12.9. The van der Waals surface area contributed by atoms with Crippen LogP contribution in [0.5, 0.6) is 0 Å². The molecule has 10 nitrogen and oxygen atoms in total. The van der Waals surface area contributed by atoms with Crippen LogP contribution < -0.4 is 5.32 Å². The van der Waals surface area contributed by atoms with Crippen molar-refractivity contribution in [3.8, 4) is 6.07 Å². The fourth-order valence-corrected chi connectivity index (χ4v) is 5.01. The molecule has 1 saturated heterocycles. The molecule has 35 heavy (non-hydrogen) atoms. The maximum absolute atomic E-state index is 12.9. The Hall–Kier alpha value is -3.75. The van der Waals surface area contributed by atoms with Gasteiger partial charge in [0, 0.05) is 18.8 Å². The molecule has 1 N–H and O–H groups in total. The number of rotatable bonds is 8. The number of ether oxygens (including phenoxy) is 2. The lowest BCUT2D eigenvalue weighted by atomic mass is 9.98.